The van der Waals surface area contributed by atoms with Gasteiger partial charge in [-0.1, -0.05) is 54.6 Å². The second-order valence-electron chi connectivity index (χ2n) is 6.19. The van der Waals surface area contributed by atoms with Gasteiger partial charge in [0.25, 0.3) is 11.8 Å². The van der Waals surface area contributed by atoms with E-state index in [4.69, 9.17) is 11.6 Å². The van der Waals surface area contributed by atoms with E-state index in [9.17, 15) is 14.4 Å². The summed E-state index contributed by atoms with van der Waals surface area (Å²) in [7, 11) is 0. The van der Waals surface area contributed by atoms with Crippen LogP contribution in [0.3, 0.4) is 0 Å². The number of hydrogen-bond donors (Lipinski definition) is 0. The molecule has 1 unspecified atom stereocenters. The molecule has 128 valence electrons. The number of rotatable bonds is 4. The van der Waals surface area contributed by atoms with Crippen molar-refractivity contribution in [1.82, 2.24) is 4.90 Å². The van der Waals surface area contributed by atoms with Crippen LogP contribution in [-0.2, 0) is 11.2 Å². The van der Waals surface area contributed by atoms with E-state index in [2.05, 4.69) is 0 Å². The number of nitrogens with zero attached hydrogens (tertiary/aromatic N) is 1. The molecule has 0 radical (unpaired) electrons. The van der Waals surface area contributed by atoms with Gasteiger partial charge in [0.1, 0.15) is 6.04 Å². The Hall–Kier alpha value is -2.98. The molecule has 1 aliphatic rings. The maximum Gasteiger partial charge on any atom is 0.262 e. The van der Waals surface area contributed by atoms with Crippen LogP contribution in [0.5, 0.6) is 0 Å². The summed E-state index contributed by atoms with van der Waals surface area (Å²) in [6.45, 7) is 0. The van der Waals surface area contributed by atoms with Gasteiger partial charge in [0.05, 0.1) is 11.1 Å². The second-order valence-corrected chi connectivity index (χ2v) is 6.56. The zero-order valence-corrected chi connectivity index (χ0v) is 14.4. The molecule has 1 aliphatic heterocycles. The maximum absolute atomic E-state index is 12.7. The van der Waals surface area contributed by atoms with Gasteiger partial charge >= 0.3 is 0 Å². The van der Waals surface area contributed by atoms with Gasteiger partial charge in [0, 0.05) is 6.42 Å². The summed E-state index contributed by atoms with van der Waals surface area (Å²) in [4.78, 5) is 38.5. The number of benzene rings is 3. The van der Waals surface area contributed by atoms with Gasteiger partial charge in [0.2, 0.25) is 5.24 Å². The van der Waals surface area contributed by atoms with Crippen molar-refractivity contribution < 1.29 is 14.4 Å². The lowest BCUT2D eigenvalue weighted by atomic mass is 9.98. The quantitative estimate of drug-likeness (QED) is 0.523. The Morgan fingerprint density at radius 3 is 2.08 bits per heavy atom. The fourth-order valence-electron chi connectivity index (χ4n) is 3.44. The van der Waals surface area contributed by atoms with E-state index in [1.807, 2.05) is 42.5 Å². The summed E-state index contributed by atoms with van der Waals surface area (Å²) < 4.78 is 0. The molecule has 3 aromatic rings. The Kier molecular flexibility index (Phi) is 4.05. The van der Waals surface area contributed by atoms with Gasteiger partial charge < -0.3 is 0 Å². The van der Waals surface area contributed by atoms with Gasteiger partial charge in [-0.15, -0.1) is 0 Å². The summed E-state index contributed by atoms with van der Waals surface area (Å²) >= 11 is 5.81. The van der Waals surface area contributed by atoms with E-state index in [1.165, 1.54) is 0 Å². The minimum absolute atomic E-state index is 0.176. The molecule has 1 atom stereocenters. The third-order valence-electron chi connectivity index (χ3n) is 4.69. The van der Waals surface area contributed by atoms with Gasteiger partial charge in [-0.05, 0) is 40.1 Å². The zero-order chi connectivity index (χ0) is 18.3. The number of amides is 2. The minimum Gasteiger partial charge on any atom is -0.279 e. The van der Waals surface area contributed by atoms with Gasteiger partial charge in [-0.25, -0.2) is 0 Å². The van der Waals surface area contributed by atoms with E-state index in [0.29, 0.717) is 11.1 Å². The van der Waals surface area contributed by atoms with Crippen LogP contribution in [0.2, 0.25) is 0 Å². The largest absolute Gasteiger partial charge is 0.279 e. The third-order valence-corrected chi connectivity index (χ3v) is 4.94. The Labute approximate surface area is 155 Å². The molecule has 4 nitrogen and oxygen atoms in total. The molecule has 0 aliphatic carbocycles. The highest BCUT2D eigenvalue weighted by molar-refractivity contribution is 6.65. The topological polar surface area (TPSA) is 54.5 Å². The van der Waals surface area contributed by atoms with Crippen LogP contribution in [0.4, 0.5) is 0 Å². The highest BCUT2D eigenvalue weighted by atomic mass is 35.5. The molecule has 3 aromatic carbocycles. The smallest absolute Gasteiger partial charge is 0.262 e. The van der Waals surface area contributed by atoms with E-state index < -0.39 is 23.1 Å². The van der Waals surface area contributed by atoms with Crippen LogP contribution in [0.1, 0.15) is 26.3 Å². The SMILES string of the molecule is O=C(Cl)C(Cc1cccc2ccccc12)N1C(=O)c2ccccc2C1=O. The lowest BCUT2D eigenvalue weighted by Gasteiger charge is -2.23. The van der Waals surface area contributed by atoms with Crippen LogP contribution < -0.4 is 0 Å². The predicted octanol–water partition coefficient (Wildman–Crippen LogP) is 3.81. The summed E-state index contributed by atoms with van der Waals surface area (Å²) in [5.41, 5.74) is 1.47. The number of fused-ring (bicyclic) bond motifs is 2. The molecule has 0 spiro atoms. The lowest BCUT2D eigenvalue weighted by molar-refractivity contribution is -0.115. The summed E-state index contributed by atoms with van der Waals surface area (Å²) in [5.74, 6) is -0.963. The van der Waals surface area contributed by atoms with Gasteiger partial charge in [-0.2, -0.15) is 0 Å². The molecule has 1 heterocycles. The Balaban J connectivity index is 1.75. The standard InChI is InChI=1S/C21H14ClNO3/c22-19(24)18(12-14-8-5-7-13-6-1-2-9-15(13)14)23-20(25)16-10-3-4-11-17(16)21(23)26/h1-11,18H,12H2. The molecular weight excluding hydrogens is 350 g/mol. The monoisotopic (exact) mass is 363 g/mol. The minimum atomic E-state index is -1.05. The average molecular weight is 364 g/mol. The lowest BCUT2D eigenvalue weighted by Crippen LogP contribution is -2.44. The van der Waals surface area contributed by atoms with Crippen molar-refractivity contribution in [3.8, 4) is 0 Å². The van der Waals surface area contributed by atoms with Gasteiger partial charge in [0.15, 0.2) is 0 Å². The van der Waals surface area contributed by atoms with Crippen molar-refractivity contribution in [2.45, 2.75) is 12.5 Å². The van der Waals surface area contributed by atoms with Gasteiger partial charge in [-0.3, -0.25) is 19.3 Å². The third kappa shape index (κ3) is 2.59. The Morgan fingerprint density at radius 2 is 1.42 bits per heavy atom. The fourth-order valence-corrected chi connectivity index (χ4v) is 3.62. The number of carbonyl (C=O) groups is 3. The van der Waals surface area contributed by atoms with E-state index in [-0.39, 0.29) is 6.42 Å². The molecule has 0 fully saturated rings. The molecule has 5 heteroatoms. The van der Waals surface area contributed by atoms with Crippen molar-refractivity contribution in [2.75, 3.05) is 0 Å². The van der Waals surface area contributed by atoms with Crippen LogP contribution in [0.15, 0.2) is 66.7 Å². The van der Waals surface area contributed by atoms with Crippen LogP contribution in [-0.4, -0.2) is 28.0 Å². The number of imide groups is 1. The van der Waals surface area contributed by atoms with E-state index >= 15 is 0 Å². The van der Waals surface area contributed by atoms with E-state index in [1.54, 1.807) is 24.3 Å². The number of hydrogen-bond acceptors (Lipinski definition) is 3. The summed E-state index contributed by atoms with van der Waals surface area (Å²) in [5, 5.41) is 1.26. The molecule has 0 saturated heterocycles. The predicted molar refractivity (Wildman–Crippen MR) is 99.2 cm³/mol. The first-order valence-corrected chi connectivity index (χ1v) is 8.58. The number of halogens is 1. The van der Waals surface area contributed by atoms with Crippen LogP contribution in [0, 0.1) is 0 Å². The molecule has 0 bridgehead atoms. The molecular formula is C21H14ClNO3. The van der Waals surface area contributed by atoms with Crippen molar-refractivity contribution >= 4 is 39.4 Å². The molecule has 0 saturated carbocycles. The Bertz CT molecular complexity index is 1020. The van der Waals surface area contributed by atoms with Crippen molar-refractivity contribution in [3.05, 3.63) is 83.4 Å². The van der Waals surface area contributed by atoms with Crippen LogP contribution >= 0.6 is 11.6 Å². The molecule has 0 aromatic heterocycles. The highest BCUT2D eigenvalue weighted by Gasteiger charge is 2.42. The van der Waals surface area contributed by atoms with E-state index in [0.717, 1.165) is 21.2 Å². The summed E-state index contributed by atoms with van der Waals surface area (Å²) in [6.07, 6.45) is 0.176. The van der Waals surface area contributed by atoms with Crippen molar-refractivity contribution in [2.24, 2.45) is 0 Å². The maximum atomic E-state index is 12.7. The average Bonchev–Trinajstić information content (AvgIpc) is 2.91. The molecule has 2 amide bonds. The first-order chi connectivity index (χ1) is 12.6. The van der Waals surface area contributed by atoms with Crippen molar-refractivity contribution in [3.63, 3.8) is 0 Å². The fraction of sp³-hybridized carbons (Fsp3) is 0.0952. The number of carbonyl (C=O) groups excluding carboxylic acids is 3. The molecule has 0 N–H and O–H groups in total. The highest BCUT2D eigenvalue weighted by Crippen LogP contribution is 2.28. The van der Waals surface area contributed by atoms with Crippen molar-refractivity contribution in [1.29, 1.82) is 0 Å². The Morgan fingerprint density at radius 1 is 0.846 bits per heavy atom. The summed E-state index contributed by atoms with van der Waals surface area (Å²) in [6, 6.07) is 19.0. The van der Waals surface area contributed by atoms with Crippen LogP contribution in [0.25, 0.3) is 10.8 Å². The second kappa shape index (κ2) is 6.39. The first-order valence-electron chi connectivity index (χ1n) is 8.21. The normalized spacial score (nSPS) is 14.6. The first kappa shape index (κ1) is 16.5. The zero-order valence-electron chi connectivity index (χ0n) is 13.7. The molecule has 4 rings (SSSR count). The molecule has 26 heavy (non-hydrogen) atoms.